The number of carbonyl (C=O) groups excluding carboxylic acids is 1. The van der Waals surface area contributed by atoms with E-state index in [9.17, 15) is 4.79 Å². The molecule has 0 atom stereocenters. The number of nitrogens with two attached hydrogens (primary N) is 1. The minimum absolute atomic E-state index is 0. The molecule has 3 N–H and O–H groups in total. The molecule has 1 aliphatic heterocycles. The summed E-state index contributed by atoms with van der Waals surface area (Å²) in [5.41, 5.74) is 7.37. The number of carbonyl (C=O) groups is 1. The van der Waals surface area contributed by atoms with E-state index in [1.807, 2.05) is 24.3 Å². The van der Waals surface area contributed by atoms with Gasteiger partial charge in [0.05, 0.1) is 6.42 Å². The second kappa shape index (κ2) is 11.5. The first kappa shape index (κ1) is 22.0. The molecule has 6 heteroatoms. The maximum absolute atomic E-state index is 11.8. The molecule has 23 heavy (non-hydrogen) atoms. The molecule has 0 spiro atoms. The standard InChI is InChI=1S/C17H27N3O.2ClH/c1-14-7-11-20(12-8-14)10-2-9-19-17(21)13-15-3-5-16(18)6-4-15;;/h3-6,14H,2,7-13,18H2,1H3,(H,19,21);2*1H. The number of halogens is 2. The number of anilines is 1. The number of benzene rings is 1. The quantitative estimate of drug-likeness (QED) is 0.604. The highest BCUT2D eigenvalue weighted by atomic mass is 35.5. The average molecular weight is 362 g/mol. The molecule has 1 fully saturated rings. The first-order valence-corrected chi connectivity index (χ1v) is 7.97. The molecule has 0 saturated carbocycles. The molecule has 132 valence electrons. The molecule has 1 heterocycles. The third kappa shape index (κ3) is 8.45. The zero-order chi connectivity index (χ0) is 15.1. The Kier molecular flexibility index (Phi) is 11.1. The summed E-state index contributed by atoms with van der Waals surface area (Å²) in [6.07, 6.45) is 4.08. The molecule has 0 aromatic heterocycles. The van der Waals surface area contributed by atoms with Gasteiger partial charge in [0, 0.05) is 12.2 Å². The average Bonchev–Trinajstić information content (AvgIpc) is 2.48. The van der Waals surface area contributed by atoms with Crippen molar-refractivity contribution < 1.29 is 4.79 Å². The van der Waals surface area contributed by atoms with Gasteiger partial charge in [-0.1, -0.05) is 19.1 Å². The third-order valence-corrected chi connectivity index (χ3v) is 4.19. The fraction of sp³-hybridized carbons (Fsp3) is 0.588. The summed E-state index contributed by atoms with van der Waals surface area (Å²) in [5.74, 6) is 0.966. The summed E-state index contributed by atoms with van der Waals surface area (Å²) in [6, 6.07) is 7.48. The maximum atomic E-state index is 11.8. The molecule has 0 aliphatic carbocycles. The van der Waals surface area contributed by atoms with Crippen molar-refractivity contribution in [3.63, 3.8) is 0 Å². The van der Waals surface area contributed by atoms with Gasteiger partial charge in [-0.3, -0.25) is 4.79 Å². The number of nitrogens with one attached hydrogen (secondary N) is 1. The molecule has 1 aromatic rings. The van der Waals surface area contributed by atoms with Crippen molar-refractivity contribution in [1.29, 1.82) is 0 Å². The van der Waals surface area contributed by atoms with E-state index >= 15 is 0 Å². The van der Waals surface area contributed by atoms with E-state index in [2.05, 4.69) is 17.1 Å². The first-order valence-electron chi connectivity index (χ1n) is 7.97. The van der Waals surface area contributed by atoms with Gasteiger partial charge in [0.2, 0.25) is 5.91 Å². The molecule has 1 aliphatic rings. The Morgan fingerprint density at radius 3 is 2.43 bits per heavy atom. The lowest BCUT2D eigenvalue weighted by molar-refractivity contribution is -0.120. The van der Waals surface area contributed by atoms with Gasteiger partial charge in [0.25, 0.3) is 0 Å². The number of nitrogens with zero attached hydrogens (tertiary/aromatic N) is 1. The lowest BCUT2D eigenvalue weighted by Crippen LogP contribution is -2.35. The van der Waals surface area contributed by atoms with E-state index in [-0.39, 0.29) is 30.7 Å². The van der Waals surface area contributed by atoms with Crippen LogP contribution in [0.15, 0.2) is 24.3 Å². The monoisotopic (exact) mass is 361 g/mol. The van der Waals surface area contributed by atoms with Gasteiger partial charge in [-0.15, -0.1) is 24.8 Å². The van der Waals surface area contributed by atoms with E-state index in [1.54, 1.807) is 0 Å². The number of nitrogen functional groups attached to an aromatic ring is 1. The van der Waals surface area contributed by atoms with E-state index in [1.165, 1.54) is 25.9 Å². The number of amides is 1. The maximum Gasteiger partial charge on any atom is 0.224 e. The van der Waals surface area contributed by atoms with Gasteiger partial charge in [0.15, 0.2) is 0 Å². The van der Waals surface area contributed by atoms with E-state index < -0.39 is 0 Å². The molecule has 1 saturated heterocycles. The van der Waals surface area contributed by atoms with Crippen LogP contribution in [0.2, 0.25) is 0 Å². The van der Waals surface area contributed by atoms with Crippen LogP contribution < -0.4 is 11.1 Å². The SMILES string of the molecule is CC1CCN(CCCNC(=O)Cc2ccc(N)cc2)CC1.Cl.Cl. The molecular weight excluding hydrogens is 333 g/mol. The Morgan fingerprint density at radius 2 is 1.83 bits per heavy atom. The molecule has 1 aromatic carbocycles. The first-order chi connectivity index (χ1) is 10.1. The Bertz CT molecular complexity index is 446. The third-order valence-electron chi connectivity index (χ3n) is 4.19. The van der Waals surface area contributed by atoms with Gasteiger partial charge in [0.1, 0.15) is 0 Å². The Balaban J connectivity index is 0.00000242. The lowest BCUT2D eigenvalue weighted by Gasteiger charge is -2.30. The molecule has 4 nitrogen and oxygen atoms in total. The minimum atomic E-state index is 0. The fourth-order valence-corrected chi connectivity index (χ4v) is 2.70. The number of hydrogen-bond acceptors (Lipinski definition) is 3. The number of likely N-dealkylation sites (tertiary alicyclic amines) is 1. The van der Waals surface area contributed by atoms with Crippen molar-refractivity contribution in [3.8, 4) is 0 Å². The summed E-state index contributed by atoms with van der Waals surface area (Å²) >= 11 is 0. The van der Waals surface area contributed by atoms with Crippen LogP contribution >= 0.6 is 24.8 Å². The largest absolute Gasteiger partial charge is 0.399 e. The van der Waals surface area contributed by atoms with Crippen LogP contribution in [0.3, 0.4) is 0 Å². The van der Waals surface area contributed by atoms with Crippen molar-refractivity contribution in [2.45, 2.75) is 32.6 Å². The number of piperidine rings is 1. The summed E-state index contributed by atoms with van der Waals surface area (Å²) < 4.78 is 0. The lowest BCUT2D eigenvalue weighted by atomic mass is 9.99. The molecule has 0 radical (unpaired) electrons. The highest BCUT2D eigenvalue weighted by molar-refractivity contribution is 5.85. The van der Waals surface area contributed by atoms with Crippen molar-refractivity contribution in [2.75, 3.05) is 31.9 Å². The molecule has 1 amide bonds. The van der Waals surface area contributed by atoms with Crippen molar-refractivity contribution in [2.24, 2.45) is 5.92 Å². The van der Waals surface area contributed by atoms with Crippen molar-refractivity contribution in [1.82, 2.24) is 10.2 Å². The number of rotatable bonds is 6. The normalized spacial score (nSPS) is 15.3. The highest BCUT2D eigenvalue weighted by Crippen LogP contribution is 2.15. The summed E-state index contributed by atoms with van der Waals surface area (Å²) in [6.45, 7) is 6.60. The second-order valence-electron chi connectivity index (χ2n) is 6.15. The predicted molar refractivity (Wildman–Crippen MR) is 102 cm³/mol. The Morgan fingerprint density at radius 1 is 1.22 bits per heavy atom. The minimum Gasteiger partial charge on any atom is -0.399 e. The van der Waals surface area contributed by atoms with Gasteiger partial charge in [-0.2, -0.15) is 0 Å². The summed E-state index contributed by atoms with van der Waals surface area (Å²) in [7, 11) is 0. The zero-order valence-electron chi connectivity index (χ0n) is 13.8. The van der Waals surface area contributed by atoms with Crippen LogP contribution in [0.25, 0.3) is 0 Å². The molecule has 0 unspecified atom stereocenters. The number of hydrogen-bond donors (Lipinski definition) is 2. The van der Waals surface area contributed by atoms with Crippen LogP contribution in [0.5, 0.6) is 0 Å². The fourth-order valence-electron chi connectivity index (χ4n) is 2.70. The van der Waals surface area contributed by atoms with Crippen LogP contribution in [-0.2, 0) is 11.2 Å². The van der Waals surface area contributed by atoms with Crippen LogP contribution in [0.4, 0.5) is 5.69 Å². The van der Waals surface area contributed by atoms with E-state index in [4.69, 9.17) is 5.73 Å². The topological polar surface area (TPSA) is 58.4 Å². The van der Waals surface area contributed by atoms with Gasteiger partial charge >= 0.3 is 0 Å². The highest BCUT2D eigenvalue weighted by Gasteiger charge is 2.14. The zero-order valence-corrected chi connectivity index (χ0v) is 15.4. The van der Waals surface area contributed by atoms with Crippen LogP contribution in [0.1, 0.15) is 31.7 Å². The second-order valence-corrected chi connectivity index (χ2v) is 6.15. The van der Waals surface area contributed by atoms with Crippen molar-refractivity contribution in [3.05, 3.63) is 29.8 Å². The Hall–Kier alpha value is -0.970. The van der Waals surface area contributed by atoms with E-state index in [0.29, 0.717) is 6.42 Å². The Labute approximate surface area is 152 Å². The van der Waals surface area contributed by atoms with Gasteiger partial charge in [-0.25, -0.2) is 0 Å². The van der Waals surface area contributed by atoms with Crippen molar-refractivity contribution >= 4 is 36.4 Å². The van der Waals surface area contributed by atoms with Gasteiger partial charge < -0.3 is 16.0 Å². The molecule has 0 bridgehead atoms. The van der Waals surface area contributed by atoms with E-state index in [0.717, 1.165) is 36.7 Å². The van der Waals surface area contributed by atoms with Crippen LogP contribution in [-0.4, -0.2) is 37.0 Å². The summed E-state index contributed by atoms with van der Waals surface area (Å²) in [4.78, 5) is 14.3. The molecule has 2 rings (SSSR count). The van der Waals surface area contributed by atoms with Gasteiger partial charge in [-0.05, 0) is 62.5 Å². The summed E-state index contributed by atoms with van der Waals surface area (Å²) in [5, 5.41) is 3.00. The smallest absolute Gasteiger partial charge is 0.224 e. The van der Waals surface area contributed by atoms with Crippen LogP contribution in [0, 0.1) is 5.92 Å². The predicted octanol–water partition coefficient (Wildman–Crippen LogP) is 2.89. The molecular formula is C17H29Cl2N3O.